The van der Waals surface area contributed by atoms with Crippen LogP contribution in [0.1, 0.15) is 61.5 Å². The average molecular weight is 281 g/mol. The van der Waals surface area contributed by atoms with Crippen LogP contribution in [0.2, 0.25) is 0 Å². The summed E-state index contributed by atoms with van der Waals surface area (Å²) < 4.78 is 0. The van der Waals surface area contributed by atoms with Crippen LogP contribution in [0.3, 0.4) is 0 Å². The molecule has 1 aromatic heterocycles. The van der Waals surface area contributed by atoms with E-state index in [1.807, 2.05) is 0 Å². The minimum absolute atomic E-state index is 0.505. The lowest BCUT2D eigenvalue weighted by Gasteiger charge is -2.37. The monoisotopic (exact) mass is 281 g/mol. The van der Waals surface area contributed by atoms with Crippen LogP contribution in [-0.4, -0.2) is 15.7 Å². The second-order valence-corrected chi connectivity index (χ2v) is 8.03. The third-order valence-corrected chi connectivity index (χ3v) is 5.35. The number of thiazole rings is 1. The summed E-state index contributed by atoms with van der Waals surface area (Å²) in [5.74, 6) is 1.43. The van der Waals surface area contributed by atoms with Crippen molar-refractivity contribution < 1.29 is 5.11 Å². The minimum Gasteiger partial charge on any atom is -0.389 e. The molecule has 0 spiro atoms. The molecule has 19 heavy (non-hydrogen) atoms. The van der Waals surface area contributed by atoms with Gasteiger partial charge in [0, 0.05) is 11.3 Å². The zero-order valence-corrected chi connectivity index (χ0v) is 13.5. The molecule has 0 aromatic carbocycles. The second kappa shape index (κ2) is 5.92. The highest BCUT2D eigenvalue weighted by molar-refractivity contribution is 7.11. The highest BCUT2D eigenvalue weighted by atomic mass is 32.1. The normalized spacial score (nSPS) is 28.0. The Morgan fingerprint density at radius 1 is 1.42 bits per heavy atom. The number of hydrogen-bond acceptors (Lipinski definition) is 3. The predicted molar refractivity (Wildman–Crippen MR) is 81.7 cm³/mol. The highest BCUT2D eigenvalue weighted by Gasteiger charge is 2.35. The van der Waals surface area contributed by atoms with E-state index < -0.39 is 5.60 Å². The molecule has 1 fully saturated rings. The van der Waals surface area contributed by atoms with Gasteiger partial charge in [0.25, 0.3) is 0 Å². The third-order valence-electron chi connectivity index (χ3n) is 4.28. The van der Waals surface area contributed by atoms with Crippen LogP contribution in [0.25, 0.3) is 0 Å². The molecule has 3 heteroatoms. The summed E-state index contributed by atoms with van der Waals surface area (Å²) in [6.07, 6.45) is 6.36. The van der Waals surface area contributed by atoms with Gasteiger partial charge in [-0.25, -0.2) is 4.98 Å². The molecule has 2 atom stereocenters. The minimum atomic E-state index is -0.505. The maximum Gasteiger partial charge on any atom is 0.0959 e. The van der Waals surface area contributed by atoms with Gasteiger partial charge in [0.2, 0.25) is 0 Å². The van der Waals surface area contributed by atoms with Crippen LogP contribution in [0.5, 0.6) is 0 Å². The van der Waals surface area contributed by atoms with Crippen molar-refractivity contribution in [2.24, 2.45) is 11.8 Å². The summed E-state index contributed by atoms with van der Waals surface area (Å²) in [6, 6.07) is 0. The third kappa shape index (κ3) is 4.03. The summed E-state index contributed by atoms with van der Waals surface area (Å²) >= 11 is 1.75. The smallest absolute Gasteiger partial charge is 0.0959 e. The van der Waals surface area contributed by atoms with Crippen LogP contribution in [0, 0.1) is 25.7 Å². The van der Waals surface area contributed by atoms with Crippen molar-refractivity contribution in [2.45, 2.75) is 71.8 Å². The van der Waals surface area contributed by atoms with Gasteiger partial charge in [-0.05, 0) is 44.9 Å². The Hall–Kier alpha value is -0.410. The molecular weight excluding hydrogens is 254 g/mol. The Balaban J connectivity index is 2.01. The van der Waals surface area contributed by atoms with Crippen LogP contribution < -0.4 is 0 Å². The molecule has 1 heterocycles. The lowest BCUT2D eigenvalue weighted by molar-refractivity contribution is -0.0189. The van der Waals surface area contributed by atoms with Crippen molar-refractivity contribution in [3.05, 3.63) is 15.6 Å². The van der Waals surface area contributed by atoms with Crippen LogP contribution in [0.4, 0.5) is 0 Å². The summed E-state index contributed by atoms with van der Waals surface area (Å²) in [5, 5.41) is 12.0. The van der Waals surface area contributed by atoms with Crippen LogP contribution in [0.15, 0.2) is 0 Å². The fraction of sp³-hybridized carbons (Fsp3) is 0.812. The summed E-state index contributed by atoms with van der Waals surface area (Å²) in [7, 11) is 0. The second-order valence-electron chi connectivity index (χ2n) is 6.74. The van der Waals surface area contributed by atoms with Gasteiger partial charge in [-0.3, -0.25) is 0 Å². The van der Waals surface area contributed by atoms with E-state index in [1.54, 1.807) is 11.3 Å². The van der Waals surface area contributed by atoms with Crippen molar-refractivity contribution in [1.29, 1.82) is 0 Å². The first-order valence-corrected chi connectivity index (χ1v) is 8.35. The van der Waals surface area contributed by atoms with Gasteiger partial charge in [-0.2, -0.15) is 0 Å². The Labute approximate surface area is 121 Å². The fourth-order valence-corrected chi connectivity index (χ4v) is 4.46. The first kappa shape index (κ1) is 15.0. The molecular formula is C16H27NOS. The largest absolute Gasteiger partial charge is 0.389 e. The lowest BCUT2D eigenvalue weighted by Crippen LogP contribution is -2.37. The molecule has 1 N–H and O–H groups in total. The van der Waals surface area contributed by atoms with Crippen LogP contribution >= 0.6 is 11.3 Å². The van der Waals surface area contributed by atoms with Crippen molar-refractivity contribution in [3.63, 3.8) is 0 Å². The first-order valence-electron chi connectivity index (χ1n) is 7.53. The Morgan fingerprint density at radius 3 is 2.74 bits per heavy atom. The van der Waals surface area contributed by atoms with E-state index in [4.69, 9.17) is 0 Å². The van der Waals surface area contributed by atoms with Gasteiger partial charge in [0.15, 0.2) is 0 Å². The molecule has 0 aliphatic heterocycles. The molecule has 1 aliphatic rings. The van der Waals surface area contributed by atoms with Gasteiger partial charge in [0.05, 0.1) is 16.3 Å². The SMILES string of the molecule is Cc1nc(CC2(O)CCCC(CC(C)C)C2)sc1C. The molecule has 0 radical (unpaired) electrons. The maximum absolute atomic E-state index is 10.9. The van der Waals surface area contributed by atoms with E-state index in [0.29, 0.717) is 5.92 Å². The van der Waals surface area contributed by atoms with E-state index in [1.165, 1.54) is 17.7 Å². The van der Waals surface area contributed by atoms with Crippen molar-refractivity contribution in [3.8, 4) is 0 Å². The van der Waals surface area contributed by atoms with E-state index in [0.717, 1.165) is 42.3 Å². The van der Waals surface area contributed by atoms with Gasteiger partial charge in [0.1, 0.15) is 0 Å². The number of aliphatic hydroxyl groups is 1. The van der Waals surface area contributed by atoms with Crippen molar-refractivity contribution in [2.75, 3.05) is 0 Å². The number of nitrogens with zero attached hydrogens (tertiary/aromatic N) is 1. The number of hydrogen-bond donors (Lipinski definition) is 1. The van der Waals surface area contributed by atoms with Gasteiger partial charge in [-0.15, -0.1) is 11.3 Å². The molecule has 1 saturated carbocycles. The standard InChI is InChI=1S/C16H27NOS/c1-11(2)8-14-6-5-7-16(18,9-14)10-15-17-12(3)13(4)19-15/h11,14,18H,5-10H2,1-4H3. The molecule has 1 aromatic rings. The van der Waals surface area contributed by atoms with Crippen LogP contribution in [-0.2, 0) is 6.42 Å². The van der Waals surface area contributed by atoms with Crippen molar-refractivity contribution >= 4 is 11.3 Å². The van der Waals surface area contributed by atoms with E-state index in [2.05, 4.69) is 32.7 Å². The maximum atomic E-state index is 10.9. The zero-order chi connectivity index (χ0) is 14.0. The number of rotatable bonds is 4. The topological polar surface area (TPSA) is 33.1 Å². The number of aryl methyl sites for hydroxylation is 2. The first-order chi connectivity index (χ1) is 8.88. The van der Waals surface area contributed by atoms with Gasteiger partial charge >= 0.3 is 0 Å². The Morgan fingerprint density at radius 2 is 2.16 bits per heavy atom. The molecule has 0 amide bonds. The molecule has 2 unspecified atom stereocenters. The summed E-state index contributed by atoms with van der Waals surface area (Å²) in [5.41, 5.74) is 0.618. The molecule has 1 aliphatic carbocycles. The lowest BCUT2D eigenvalue weighted by atomic mass is 9.74. The Kier molecular flexibility index (Phi) is 4.67. The molecule has 2 nitrogen and oxygen atoms in total. The molecule has 108 valence electrons. The summed E-state index contributed by atoms with van der Waals surface area (Å²) in [6.45, 7) is 8.73. The van der Waals surface area contributed by atoms with E-state index in [9.17, 15) is 5.11 Å². The van der Waals surface area contributed by atoms with E-state index in [-0.39, 0.29) is 0 Å². The molecule has 0 saturated heterocycles. The molecule has 0 bridgehead atoms. The van der Waals surface area contributed by atoms with E-state index >= 15 is 0 Å². The predicted octanol–water partition coefficient (Wildman–Crippen LogP) is 4.27. The fourth-order valence-electron chi connectivity index (χ4n) is 3.39. The summed E-state index contributed by atoms with van der Waals surface area (Å²) in [4.78, 5) is 5.88. The molecule has 2 rings (SSSR count). The zero-order valence-electron chi connectivity index (χ0n) is 12.7. The highest BCUT2D eigenvalue weighted by Crippen LogP contribution is 2.38. The van der Waals surface area contributed by atoms with Gasteiger partial charge < -0.3 is 5.11 Å². The number of aromatic nitrogens is 1. The van der Waals surface area contributed by atoms with Gasteiger partial charge in [-0.1, -0.05) is 26.7 Å². The van der Waals surface area contributed by atoms with Crippen molar-refractivity contribution in [1.82, 2.24) is 4.98 Å². The average Bonchev–Trinajstić information content (AvgIpc) is 2.55. The quantitative estimate of drug-likeness (QED) is 0.894. The Bertz CT molecular complexity index is 407.